The average Bonchev–Trinajstić information content (AvgIpc) is 2.56. The smallest absolute Gasteiger partial charge is 0.133 e. The predicted octanol–water partition coefficient (Wildman–Crippen LogP) is 4.59. The Balaban J connectivity index is 1.84. The molecule has 0 aliphatic rings. The van der Waals surface area contributed by atoms with Gasteiger partial charge >= 0.3 is 0 Å². The second-order valence-electron chi connectivity index (χ2n) is 4.66. The summed E-state index contributed by atoms with van der Waals surface area (Å²) in [6.45, 7) is 0. The molecule has 4 heteroatoms. The Morgan fingerprint density at radius 3 is 2.14 bits per heavy atom. The van der Waals surface area contributed by atoms with Gasteiger partial charge in [-0.05, 0) is 42.0 Å². The first-order chi connectivity index (χ1) is 10.7. The third kappa shape index (κ3) is 3.06. The SMILES string of the molecule is Fc1cccc(F)c1/C=C/c1ccc(-c2ccccn2)nc1. The molecule has 2 aromatic heterocycles. The number of rotatable bonds is 3. The molecule has 0 spiro atoms. The van der Waals surface area contributed by atoms with E-state index in [1.165, 1.54) is 24.3 Å². The molecule has 0 fully saturated rings. The lowest BCUT2D eigenvalue weighted by Crippen LogP contribution is -1.88. The Morgan fingerprint density at radius 2 is 1.50 bits per heavy atom. The summed E-state index contributed by atoms with van der Waals surface area (Å²) < 4.78 is 27.0. The van der Waals surface area contributed by atoms with Gasteiger partial charge in [0.25, 0.3) is 0 Å². The van der Waals surface area contributed by atoms with Crippen molar-refractivity contribution in [2.75, 3.05) is 0 Å². The summed E-state index contributed by atoms with van der Waals surface area (Å²) in [6, 6.07) is 13.0. The molecule has 0 aliphatic heterocycles. The van der Waals surface area contributed by atoms with Crippen LogP contribution in [0.1, 0.15) is 11.1 Å². The Morgan fingerprint density at radius 1 is 0.727 bits per heavy atom. The predicted molar refractivity (Wildman–Crippen MR) is 82.8 cm³/mol. The van der Waals surface area contributed by atoms with Crippen molar-refractivity contribution in [3.63, 3.8) is 0 Å². The van der Waals surface area contributed by atoms with Crippen LogP contribution in [0.2, 0.25) is 0 Å². The van der Waals surface area contributed by atoms with Crippen LogP contribution in [0, 0.1) is 11.6 Å². The minimum atomic E-state index is -0.589. The van der Waals surface area contributed by atoms with Crippen molar-refractivity contribution in [2.45, 2.75) is 0 Å². The first-order valence-corrected chi connectivity index (χ1v) is 6.73. The number of hydrogen-bond acceptors (Lipinski definition) is 2. The zero-order chi connectivity index (χ0) is 15.4. The standard InChI is InChI=1S/C18H12F2N2/c19-15-4-3-5-16(20)14(15)9-7-13-8-10-18(22-12-13)17-6-1-2-11-21-17/h1-12H/b9-7+. The zero-order valence-electron chi connectivity index (χ0n) is 11.6. The number of hydrogen-bond donors (Lipinski definition) is 0. The van der Waals surface area contributed by atoms with Gasteiger partial charge in [-0.25, -0.2) is 8.78 Å². The molecule has 2 nitrogen and oxygen atoms in total. The van der Waals surface area contributed by atoms with Crippen molar-refractivity contribution in [1.82, 2.24) is 9.97 Å². The van der Waals surface area contributed by atoms with Crippen LogP contribution in [0.3, 0.4) is 0 Å². The molecular formula is C18H12F2N2. The van der Waals surface area contributed by atoms with Gasteiger partial charge in [-0.3, -0.25) is 9.97 Å². The summed E-state index contributed by atoms with van der Waals surface area (Å²) in [5, 5.41) is 0. The summed E-state index contributed by atoms with van der Waals surface area (Å²) in [5.41, 5.74) is 2.21. The molecule has 0 bridgehead atoms. The summed E-state index contributed by atoms with van der Waals surface area (Å²) >= 11 is 0. The fraction of sp³-hybridized carbons (Fsp3) is 0. The Labute approximate surface area is 126 Å². The summed E-state index contributed by atoms with van der Waals surface area (Å²) in [7, 11) is 0. The normalized spacial score (nSPS) is 11.0. The van der Waals surface area contributed by atoms with Gasteiger partial charge in [-0.2, -0.15) is 0 Å². The van der Waals surface area contributed by atoms with Crippen LogP contribution < -0.4 is 0 Å². The molecule has 0 radical (unpaired) electrons. The quantitative estimate of drug-likeness (QED) is 0.706. The summed E-state index contributed by atoms with van der Waals surface area (Å²) in [6.07, 6.45) is 6.36. The van der Waals surface area contributed by atoms with Crippen molar-refractivity contribution >= 4 is 12.2 Å². The molecule has 0 amide bonds. The molecule has 0 atom stereocenters. The molecule has 1 aromatic carbocycles. The van der Waals surface area contributed by atoms with Crippen LogP contribution in [0.5, 0.6) is 0 Å². The summed E-state index contributed by atoms with van der Waals surface area (Å²) in [5.74, 6) is -1.18. The van der Waals surface area contributed by atoms with Gasteiger partial charge in [0.1, 0.15) is 11.6 Å². The molecule has 0 N–H and O–H groups in total. The van der Waals surface area contributed by atoms with Gasteiger partial charge in [0, 0.05) is 18.0 Å². The van der Waals surface area contributed by atoms with Crippen molar-refractivity contribution in [2.24, 2.45) is 0 Å². The molecule has 0 unspecified atom stereocenters. The maximum atomic E-state index is 13.5. The van der Waals surface area contributed by atoms with E-state index in [0.29, 0.717) is 0 Å². The van der Waals surface area contributed by atoms with Gasteiger partial charge < -0.3 is 0 Å². The number of aromatic nitrogens is 2. The van der Waals surface area contributed by atoms with Gasteiger partial charge in [-0.1, -0.05) is 24.3 Å². The molecule has 0 aliphatic carbocycles. The van der Waals surface area contributed by atoms with Gasteiger partial charge in [-0.15, -0.1) is 0 Å². The van der Waals surface area contributed by atoms with E-state index in [0.717, 1.165) is 17.0 Å². The lowest BCUT2D eigenvalue weighted by molar-refractivity contribution is 0.579. The van der Waals surface area contributed by atoms with E-state index in [-0.39, 0.29) is 5.56 Å². The van der Waals surface area contributed by atoms with Crippen LogP contribution in [0.25, 0.3) is 23.5 Å². The highest BCUT2D eigenvalue weighted by Gasteiger charge is 2.04. The number of pyridine rings is 2. The van der Waals surface area contributed by atoms with Crippen LogP contribution in [0.4, 0.5) is 8.78 Å². The maximum absolute atomic E-state index is 13.5. The zero-order valence-corrected chi connectivity index (χ0v) is 11.6. The first-order valence-electron chi connectivity index (χ1n) is 6.73. The van der Waals surface area contributed by atoms with Gasteiger partial charge in [0.2, 0.25) is 0 Å². The fourth-order valence-electron chi connectivity index (χ4n) is 2.02. The molecule has 0 saturated carbocycles. The van der Waals surface area contributed by atoms with Crippen molar-refractivity contribution in [3.8, 4) is 11.4 Å². The fourth-order valence-corrected chi connectivity index (χ4v) is 2.02. The van der Waals surface area contributed by atoms with Gasteiger partial charge in [0.05, 0.1) is 11.4 Å². The molecule has 3 aromatic rings. The van der Waals surface area contributed by atoms with Crippen LogP contribution in [0.15, 0.2) is 60.9 Å². The lowest BCUT2D eigenvalue weighted by atomic mass is 10.1. The molecule has 108 valence electrons. The van der Waals surface area contributed by atoms with Gasteiger partial charge in [0.15, 0.2) is 0 Å². The number of halogens is 2. The van der Waals surface area contributed by atoms with E-state index < -0.39 is 11.6 Å². The number of benzene rings is 1. The van der Waals surface area contributed by atoms with E-state index in [1.807, 2.05) is 30.3 Å². The highest BCUT2D eigenvalue weighted by Crippen LogP contribution is 2.17. The van der Waals surface area contributed by atoms with E-state index >= 15 is 0 Å². The third-order valence-corrected chi connectivity index (χ3v) is 3.16. The van der Waals surface area contributed by atoms with E-state index in [4.69, 9.17) is 0 Å². The van der Waals surface area contributed by atoms with E-state index in [1.54, 1.807) is 18.5 Å². The minimum absolute atomic E-state index is 0.0590. The second kappa shape index (κ2) is 6.26. The van der Waals surface area contributed by atoms with Crippen LogP contribution in [-0.2, 0) is 0 Å². The molecule has 0 saturated heterocycles. The van der Waals surface area contributed by atoms with Crippen LogP contribution >= 0.6 is 0 Å². The molecule has 22 heavy (non-hydrogen) atoms. The maximum Gasteiger partial charge on any atom is 0.133 e. The minimum Gasteiger partial charge on any atom is -0.255 e. The van der Waals surface area contributed by atoms with E-state index in [9.17, 15) is 8.78 Å². The highest BCUT2D eigenvalue weighted by atomic mass is 19.1. The Hall–Kier alpha value is -2.88. The monoisotopic (exact) mass is 294 g/mol. The summed E-state index contributed by atoms with van der Waals surface area (Å²) in [4.78, 5) is 8.52. The Bertz CT molecular complexity index is 777. The molecular weight excluding hydrogens is 282 g/mol. The van der Waals surface area contributed by atoms with E-state index in [2.05, 4.69) is 9.97 Å². The van der Waals surface area contributed by atoms with Crippen molar-refractivity contribution in [3.05, 3.63) is 83.7 Å². The average molecular weight is 294 g/mol. The first kappa shape index (κ1) is 14.1. The number of nitrogens with zero attached hydrogens (tertiary/aromatic N) is 2. The molecule has 2 heterocycles. The second-order valence-corrected chi connectivity index (χ2v) is 4.66. The van der Waals surface area contributed by atoms with Crippen molar-refractivity contribution in [1.29, 1.82) is 0 Å². The Kier molecular flexibility index (Phi) is 4.01. The van der Waals surface area contributed by atoms with Crippen LogP contribution in [-0.4, -0.2) is 9.97 Å². The topological polar surface area (TPSA) is 25.8 Å². The third-order valence-electron chi connectivity index (χ3n) is 3.16. The lowest BCUT2D eigenvalue weighted by Gasteiger charge is -2.01. The van der Waals surface area contributed by atoms with Crippen molar-refractivity contribution < 1.29 is 8.78 Å². The molecule has 3 rings (SSSR count). The largest absolute Gasteiger partial charge is 0.255 e. The highest BCUT2D eigenvalue weighted by molar-refractivity contribution is 5.70.